The molecule has 19 heavy (non-hydrogen) atoms. The molecule has 0 saturated heterocycles. The lowest BCUT2D eigenvalue weighted by molar-refractivity contribution is 0.601. The SMILES string of the molecule is Cc1nc2ccc(NS(=O)(=O)c3cn[nH]c3)cc2[nH]1. The van der Waals surface area contributed by atoms with Crippen LogP contribution in [0.3, 0.4) is 0 Å². The van der Waals surface area contributed by atoms with Crippen molar-refractivity contribution in [2.24, 2.45) is 0 Å². The van der Waals surface area contributed by atoms with Gasteiger partial charge in [0.1, 0.15) is 10.7 Å². The van der Waals surface area contributed by atoms with Crippen molar-refractivity contribution in [2.45, 2.75) is 11.8 Å². The minimum absolute atomic E-state index is 0.0911. The molecule has 3 N–H and O–H groups in total. The van der Waals surface area contributed by atoms with Gasteiger partial charge in [-0.25, -0.2) is 13.4 Å². The molecule has 0 bridgehead atoms. The zero-order valence-electron chi connectivity index (χ0n) is 10.0. The number of fused-ring (bicyclic) bond motifs is 1. The van der Waals surface area contributed by atoms with Gasteiger partial charge in [0.15, 0.2) is 0 Å². The van der Waals surface area contributed by atoms with Crippen LogP contribution in [-0.4, -0.2) is 28.6 Å². The van der Waals surface area contributed by atoms with Crippen molar-refractivity contribution in [3.05, 3.63) is 36.4 Å². The normalized spacial score (nSPS) is 11.8. The van der Waals surface area contributed by atoms with Crippen LogP contribution in [0.15, 0.2) is 35.5 Å². The summed E-state index contributed by atoms with van der Waals surface area (Å²) < 4.78 is 26.5. The smallest absolute Gasteiger partial charge is 0.265 e. The van der Waals surface area contributed by atoms with Gasteiger partial charge in [0.25, 0.3) is 10.0 Å². The van der Waals surface area contributed by atoms with Crippen molar-refractivity contribution < 1.29 is 8.42 Å². The van der Waals surface area contributed by atoms with E-state index in [9.17, 15) is 8.42 Å². The molecule has 7 nitrogen and oxygen atoms in total. The topological polar surface area (TPSA) is 104 Å². The summed E-state index contributed by atoms with van der Waals surface area (Å²) in [5.74, 6) is 0.782. The summed E-state index contributed by atoms with van der Waals surface area (Å²) >= 11 is 0. The first-order chi connectivity index (χ1) is 9.04. The Bertz CT molecular complexity index is 820. The zero-order chi connectivity index (χ0) is 13.5. The predicted octanol–water partition coefficient (Wildman–Crippen LogP) is 1.40. The highest BCUT2D eigenvalue weighted by Gasteiger charge is 2.15. The molecule has 1 aromatic carbocycles. The number of nitrogens with zero attached hydrogens (tertiary/aromatic N) is 2. The van der Waals surface area contributed by atoms with Gasteiger partial charge in [-0.2, -0.15) is 5.10 Å². The van der Waals surface area contributed by atoms with Crippen molar-refractivity contribution in [1.82, 2.24) is 20.2 Å². The highest BCUT2D eigenvalue weighted by Crippen LogP contribution is 2.19. The minimum Gasteiger partial charge on any atom is -0.342 e. The summed E-state index contributed by atoms with van der Waals surface area (Å²) in [5, 5.41) is 6.09. The lowest BCUT2D eigenvalue weighted by Gasteiger charge is -2.05. The highest BCUT2D eigenvalue weighted by molar-refractivity contribution is 7.92. The molecule has 3 rings (SSSR count). The van der Waals surface area contributed by atoms with E-state index in [1.807, 2.05) is 6.92 Å². The van der Waals surface area contributed by atoms with Gasteiger partial charge in [-0.15, -0.1) is 0 Å². The molecule has 0 spiro atoms. The fourth-order valence-corrected chi connectivity index (χ4v) is 2.76. The van der Waals surface area contributed by atoms with Crippen LogP contribution in [0.5, 0.6) is 0 Å². The third-order valence-electron chi connectivity index (χ3n) is 2.64. The Hall–Kier alpha value is -2.35. The summed E-state index contributed by atoms with van der Waals surface area (Å²) in [5.41, 5.74) is 2.05. The maximum absolute atomic E-state index is 12.0. The first-order valence-corrected chi connectivity index (χ1v) is 7.01. The summed E-state index contributed by atoms with van der Waals surface area (Å²) in [6.07, 6.45) is 2.57. The Morgan fingerprint density at radius 2 is 2.16 bits per heavy atom. The number of H-pyrrole nitrogens is 2. The number of aromatic amines is 2. The van der Waals surface area contributed by atoms with Crippen LogP contribution in [0.25, 0.3) is 11.0 Å². The zero-order valence-corrected chi connectivity index (χ0v) is 10.8. The molecular formula is C11H11N5O2S. The molecule has 2 heterocycles. The highest BCUT2D eigenvalue weighted by atomic mass is 32.2. The average molecular weight is 277 g/mol. The van der Waals surface area contributed by atoms with Gasteiger partial charge in [0.2, 0.25) is 0 Å². The number of aryl methyl sites for hydroxylation is 1. The minimum atomic E-state index is -3.61. The number of sulfonamides is 1. The quantitative estimate of drug-likeness (QED) is 0.673. The molecule has 0 amide bonds. The molecule has 0 fully saturated rings. The molecule has 0 aliphatic carbocycles. The lowest BCUT2D eigenvalue weighted by Crippen LogP contribution is -2.12. The van der Waals surface area contributed by atoms with E-state index in [1.54, 1.807) is 18.2 Å². The molecule has 2 aromatic heterocycles. The Kier molecular flexibility index (Phi) is 2.53. The third-order valence-corrected chi connectivity index (χ3v) is 3.98. The third kappa shape index (κ3) is 2.17. The summed E-state index contributed by atoms with van der Waals surface area (Å²) in [6, 6.07) is 5.12. The number of anilines is 1. The van der Waals surface area contributed by atoms with E-state index in [2.05, 4.69) is 24.9 Å². The van der Waals surface area contributed by atoms with E-state index in [-0.39, 0.29) is 4.90 Å². The molecule has 0 radical (unpaired) electrons. The van der Waals surface area contributed by atoms with Gasteiger partial charge < -0.3 is 4.98 Å². The van der Waals surface area contributed by atoms with Crippen LogP contribution in [0.4, 0.5) is 5.69 Å². The fourth-order valence-electron chi connectivity index (χ4n) is 1.80. The Morgan fingerprint density at radius 1 is 1.32 bits per heavy atom. The summed E-state index contributed by atoms with van der Waals surface area (Å²) in [6.45, 7) is 1.84. The second-order valence-electron chi connectivity index (χ2n) is 4.09. The van der Waals surface area contributed by atoms with Crippen LogP contribution in [-0.2, 0) is 10.0 Å². The van der Waals surface area contributed by atoms with Gasteiger partial charge >= 0.3 is 0 Å². The average Bonchev–Trinajstić information content (AvgIpc) is 2.95. The lowest BCUT2D eigenvalue weighted by atomic mass is 10.3. The fraction of sp³-hybridized carbons (Fsp3) is 0.0909. The van der Waals surface area contributed by atoms with Crippen LogP contribution in [0.1, 0.15) is 5.82 Å². The van der Waals surface area contributed by atoms with Gasteiger partial charge in [0.05, 0.1) is 22.9 Å². The van der Waals surface area contributed by atoms with Crippen LogP contribution < -0.4 is 4.72 Å². The number of rotatable bonds is 3. The first kappa shape index (κ1) is 11.7. The standard InChI is InChI=1S/C11H11N5O2S/c1-7-14-10-3-2-8(4-11(10)15-7)16-19(17,18)9-5-12-13-6-9/h2-6,16H,1H3,(H,12,13)(H,14,15). The maximum Gasteiger partial charge on any atom is 0.265 e. The number of imidazole rings is 1. The Balaban J connectivity index is 1.97. The van der Waals surface area contributed by atoms with E-state index < -0.39 is 10.0 Å². The number of benzene rings is 1. The van der Waals surface area contributed by atoms with Crippen LogP contribution in [0, 0.1) is 6.92 Å². The second kappa shape index (κ2) is 4.09. The second-order valence-corrected chi connectivity index (χ2v) is 5.78. The predicted molar refractivity (Wildman–Crippen MR) is 70.2 cm³/mol. The number of aromatic nitrogens is 4. The summed E-state index contributed by atoms with van der Waals surface area (Å²) in [7, 11) is -3.61. The van der Waals surface area contributed by atoms with Crippen molar-refractivity contribution >= 4 is 26.7 Å². The monoisotopic (exact) mass is 277 g/mol. The van der Waals surface area contributed by atoms with Crippen LogP contribution >= 0.6 is 0 Å². The van der Waals surface area contributed by atoms with Crippen molar-refractivity contribution in [3.63, 3.8) is 0 Å². The molecule has 0 aliphatic rings. The van der Waals surface area contributed by atoms with E-state index in [0.717, 1.165) is 16.9 Å². The number of hydrogen-bond donors (Lipinski definition) is 3. The number of nitrogens with one attached hydrogen (secondary N) is 3. The van der Waals surface area contributed by atoms with E-state index >= 15 is 0 Å². The van der Waals surface area contributed by atoms with Crippen molar-refractivity contribution in [1.29, 1.82) is 0 Å². The molecule has 8 heteroatoms. The number of hydrogen-bond acceptors (Lipinski definition) is 4. The molecular weight excluding hydrogens is 266 g/mol. The van der Waals surface area contributed by atoms with Gasteiger partial charge in [-0.1, -0.05) is 0 Å². The van der Waals surface area contributed by atoms with Crippen molar-refractivity contribution in [3.8, 4) is 0 Å². The van der Waals surface area contributed by atoms with E-state index in [1.165, 1.54) is 12.4 Å². The molecule has 0 saturated carbocycles. The molecule has 0 atom stereocenters. The van der Waals surface area contributed by atoms with Gasteiger partial charge in [0, 0.05) is 6.20 Å². The molecule has 3 aromatic rings. The Morgan fingerprint density at radius 3 is 2.89 bits per heavy atom. The largest absolute Gasteiger partial charge is 0.342 e. The molecule has 0 aliphatic heterocycles. The van der Waals surface area contributed by atoms with Crippen molar-refractivity contribution in [2.75, 3.05) is 4.72 Å². The van der Waals surface area contributed by atoms with E-state index in [0.29, 0.717) is 5.69 Å². The van der Waals surface area contributed by atoms with E-state index in [4.69, 9.17) is 0 Å². The summed E-state index contributed by atoms with van der Waals surface area (Å²) in [4.78, 5) is 7.40. The molecule has 98 valence electrons. The van der Waals surface area contributed by atoms with Crippen LogP contribution in [0.2, 0.25) is 0 Å². The van der Waals surface area contributed by atoms with Gasteiger partial charge in [-0.05, 0) is 25.1 Å². The maximum atomic E-state index is 12.0. The first-order valence-electron chi connectivity index (χ1n) is 5.52. The Labute approximate surface area is 109 Å². The molecule has 0 unspecified atom stereocenters. The van der Waals surface area contributed by atoms with Gasteiger partial charge in [-0.3, -0.25) is 9.82 Å².